The predicted molar refractivity (Wildman–Crippen MR) is 112 cm³/mol. The van der Waals surface area contributed by atoms with Gasteiger partial charge in [0.1, 0.15) is 19.0 Å². The molecule has 1 aliphatic carbocycles. The molecule has 0 bridgehead atoms. The van der Waals surface area contributed by atoms with Gasteiger partial charge in [0.25, 0.3) is 0 Å². The van der Waals surface area contributed by atoms with E-state index in [-0.39, 0.29) is 5.41 Å². The summed E-state index contributed by atoms with van der Waals surface area (Å²) < 4.78 is 10.9. The van der Waals surface area contributed by atoms with Gasteiger partial charge in [0.05, 0.1) is 6.26 Å². The second kappa shape index (κ2) is 9.45. The lowest BCUT2D eigenvalue weighted by Gasteiger charge is -2.39. The Labute approximate surface area is 163 Å². The van der Waals surface area contributed by atoms with Crippen molar-refractivity contribution >= 4 is 0 Å². The monoisotopic (exact) mass is 362 g/mol. The van der Waals surface area contributed by atoms with E-state index in [4.69, 9.17) is 9.47 Å². The third-order valence-electron chi connectivity index (χ3n) is 5.59. The van der Waals surface area contributed by atoms with Gasteiger partial charge in [-0.15, -0.1) is 6.58 Å². The Morgan fingerprint density at radius 1 is 0.815 bits per heavy atom. The lowest BCUT2D eigenvalue weighted by molar-refractivity contribution is 0.179. The quantitative estimate of drug-likeness (QED) is 0.300. The highest BCUT2D eigenvalue weighted by atomic mass is 16.5. The van der Waals surface area contributed by atoms with Crippen LogP contribution in [0.25, 0.3) is 0 Å². The molecular weight excluding hydrogens is 332 g/mol. The zero-order valence-electron chi connectivity index (χ0n) is 16.2. The Hall–Kier alpha value is -2.48. The molecule has 142 valence electrons. The van der Waals surface area contributed by atoms with Crippen LogP contribution in [0.1, 0.15) is 48.8 Å². The van der Waals surface area contributed by atoms with E-state index >= 15 is 0 Å². The van der Waals surface area contributed by atoms with Crippen molar-refractivity contribution in [2.75, 3.05) is 13.2 Å². The first-order valence-corrected chi connectivity index (χ1v) is 9.95. The molecule has 2 heteroatoms. The molecule has 0 amide bonds. The number of hydrogen-bond acceptors (Lipinski definition) is 2. The first kappa shape index (κ1) is 19.3. The predicted octanol–water partition coefficient (Wildman–Crippen LogP) is 6.20. The number of rotatable bonds is 9. The highest BCUT2D eigenvalue weighted by Gasteiger charge is 2.35. The van der Waals surface area contributed by atoms with Crippen molar-refractivity contribution in [1.82, 2.24) is 0 Å². The third-order valence-corrected chi connectivity index (χ3v) is 5.59. The van der Waals surface area contributed by atoms with Crippen molar-refractivity contribution in [3.8, 4) is 5.75 Å². The first-order chi connectivity index (χ1) is 13.3. The van der Waals surface area contributed by atoms with Crippen LogP contribution in [0.15, 0.2) is 74.0 Å². The molecule has 0 aliphatic heterocycles. The Bertz CT molecular complexity index is 722. The van der Waals surface area contributed by atoms with Crippen LogP contribution in [-0.2, 0) is 16.6 Å². The molecule has 0 saturated heterocycles. The highest BCUT2D eigenvalue weighted by Crippen LogP contribution is 2.45. The molecule has 1 fully saturated rings. The van der Waals surface area contributed by atoms with Gasteiger partial charge < -0.3 is 9.47 Å². The summed E-state index contributed by atoms with van der Waals surface area (Å²) in [6.45, 7) is 8.43. The van der Waals surface area contributed by atoms with E-state index in [0.29, 0.717) is 13.2 Å². The van der Waals surface area contributed by atoms with Crippen molar-refractivity contribution in [1.29, 1.82) is 0 Å². The SMILES string of the molecule is C=CCc1ccc(C2(c3ccc(OCCOC=C)cc3)CCCCC2)cc1. The largest absolute Gasteiger partial charge is 0.498 e. The van der Waals surface area contributed by atoms with Crippen LogP contribution in [0.3, 0.4) is 0 Å². The topological polar surface area (TPSA) is 18.5 Å². The molecule has 0 atom stereocenters. The van der Waals surface area contributed by atoms with Crippen LogP contribution in [0.2, 0.25) is 0 Å². The number of allylic oxidation sites excluding steroid dienone is 1. The molecule has 0 spiro atoms. The Morgan fingerprint density at radius 2 is 1.44 bits per heavy atom. The van der Waals surface area contributed by atoms with Gasteiger partial charge in [0.15, 0.2) is 0 Å². The summed E-state index contributed by atoms with van der Waals surface area (Å²) >= 11 is 0. The van der Waals surface area contributed by atoms with E-state index in [2.05, 4.69) is 61.7 Å². The second-order valence-corrected chi connectivity index (χ2v) is 7.24. The molecular formula is C25H30O2. The van der Waals surface area contributed by atoms with Crippen LogP contribution in [0.5, 0.6) is 5.75 Å². The standard InChI is InChI=1S/C25H30O2/c1-3-8-21-9-11-22(12-10-21)25(17-6-5-7-18-25)23-13-15-24(16-14-23)27-20-19-26-4-2/h3-4,9-16H,1-2,5-8,17-20H2. The fraction of sp³-hybridized carbons (Fsp3) is 0.360. The van der Waals surface area contributed by atoms with Gasteiger partial charge in [-0.25, -0.2) is 0 Å². The van der Waals surface area contributed by atoms with E-state index in [1.54, 1.807) is 0 Å². The zero-order valence-corrected chi connectivity index (χ0v) is 16.2. The maximum Gasteiger partial charge on any atom is 0.122 e. The summed E-state index contributed by atoms with van der Waals surface area (Å²) in [6.07, 6.45) is 10.7. The second-order valence-electron chi connectivity index (χ2n) is 7.24. The average molecular weight is 363 g/mol. The number of benzene rings is 2. The Kier molecular flexibility index (Phi) is 6.75. The first-order valence-electron chi connectivity index (χ1n) is 9.95. The fourth-order valence-corrected chi connectivity index (χ4v) is 4.19. The molecule has 1 saturated carbocycles. The molecule has 0 N–H and O–H groups in total. The van der Waals surface area contributed by atoms with E-state index < -0.39 is 0 Å². The molecule has 2 nitrogen and oxygen atoms in total. The van der Waals surface area contributed by atoms with E-state index in [9.17, 15) is 0 Å². The van der Waals surface area contributed by atoms with Gasteiger partial charge in [-0.2, -0.15) is 0 Å². The van der Waals surface area contributed by atoms with Gasteiger partial charge in [-0.05, 0) is 48.1 Å². The molecule has 2 aromatic carbocycles. The Morgan fingerprint density at radius 3 is 2.04 bits per heavy atom. The lowest BCUT2D eigenvalue weighted by Crippen LogP contribution is -2.30. The van der Waals surface area contributed by atoms with Crippen LogP contribution in [0.4, 0.5) is 0 Å². The van der Waals surface area contributed by atoms with E-state index in [1.165, 1.54) is 55.1 Å². The molecule has 27 heavy (non-hydrogen) atoms. The molecule has 0 aromatic heterocycles. The van der Waals surface area contributed by atoms with Crippen LogP contribution in [0, 0.1) is 0 Å². The molecule has 0 unspecified atom stereocenters. The van der Waals surface area contributed by atoms with Crippen LogP contribution in [-0.4, -0.2) is 13.2 Å². The van der Waals surface area contributed by atoms with Crippen molar-refractivity contribution < 1.29 is 9.47 Å². The summed E-state index contributed by atoms with van der Waals surface area (Å²) in [7, 11) is 0. The maximum absolute atomic E-state index is 5.75. The van der Waals surface area contributed by atoms with Gasteiger partial charge in [-0.3, -0.25) is 0 Å². The smallest absolute Gasteiger partial charge is 0.122 e. The van der Waals surface area contributed by atoms with Gasteiger partial charge in [0, 0.05) is 5.41 Å². The Balaban J connectivity index is 1.81. The van der Waals surface area contributed by atoms with E-state index in [1.807, 2.05) is 6.08 Å². The summed E-state index contributed by atoms with van der Waals surface area (Å²) in [6, 6.07) is 17.8. The summed E-state index contributed by atoms with van der Waals surface area (Å²) in [5, 5.41) is 0. The normalized spacial score (nSPS) is 15.7. The molecule has 0 heterocycles. The summed E-state index contributed by atoms with van der Waals surface area (Å²) in [4.78, 5) is 0. The third kappa shape index (κ3) is 4.63. The minimum Gasteiger partial charge on any atom is -0.498 e. The van der Waals surface area contributed by atoms with Crippen molar-refractivity contribution in [2.45, 2.75) is 43.9 Å². The van der Waals surface area contributed by atoms with E-state index in [0.717, 1.165) is 12.2 Å². The van der Waals surface area contributed by atoms with Crippen molar-refractivity contribution in [2.24, 2.45) is 0 Å². The number of ether oxygens (including phenoxy) is 2. The van der Waals surface area contributed by atoms with Gasteiger partial charge in [0.2, 0.25) is 0 Å². The lowest BCUT2D eigenvalue weighted by atomic mass is 9.65. The van der Waals surface area contributed by atoms with Crippen LogP contribution >= 0.6 is 0 Å². The summed E-state index contributed by atoms with van der Waals surface area (Å²) in [5.74, 6) is 0.888. The summed E-state index contributed by atoms with van der Waals surface area (Å²) in [5.41, 5.74) is 4.27. The number of hydrogen-bond donors (Lipinski definition) is 0. The molecule has 3 rings (SSSR count). The average Bonchev–Trinajstić information content (AvgIpc) is 2.73. The van der Waals surface area contributed by atoms with Crippen molar-refractivity contribution in [3.05, 3.63) is 90.7 Å². The van der Waals surface area contributed by atoms with Crippen molar-refractivity contribution in [3.63, 3.8) is 0 Å². The van der Waals surface area contributed by atoms with Gasteiger partial charge in [-0.1, -0.05) is 68.3 Å². The minimum atomic E-state index is 0.120. The molecule has 2 aromatic rings. The maximum atomic E-state index is 5.75. The fourth-order valence-electron chi connectivity index (χ4n) is 4.19. The highest BCUT2D eigenvalue weighted by molar-refractivity contribution is 5.43. The minimum absolute atomic E-state index is 0.120. The molecule has 0 radical (unpaired) electrons. The van der Waals surface area contributed by atoms with Crippen LogP contribution < -0.4 is 4.74 Å². The van der Waals surface area contributed by atoms with Gasteiger partial charge >= 0.3 is 0 Å². The zero-order chi connectivity index (χ0) is 19.0. The molecule has 1 aliphatic rings.